The Morgan fingerprint density at radius 1 is 0.981 bits per heavy atom. The predicted molar refractivity (Wildman–Crippen MR) is 176 cm³/mol. The van der Waals surface area contributed by atoms with E-state index in [1.54, 1.807) is 26.0 Å². The molecule has 24 nitrogen and oxygen atoms in total. The molecule has 286 valence electrons. The first-order chi connectivity index (χ1) is 24.9. The van der Waals surface area contributed by atoms with Crippen LogP contribution in [0.5, 0.6) is 0 Å². The van der Waals surface area contributed by atoms with E-state index in [1.165, 1.54) is 15.5 Å². The number of phosphoric ester groups is 2. The van der Waals surface area contributed by atoms with Gasteiger partial charge in [-0.05, 0) is 37.1 Å². The Bertz CT molecular complexity index is 2410. The predicted octanol–water partition coefficient (Wildman–Crippen LogP) is -2.96. The maximum atomic E-state index is 12.5. The van der Waals surface area contributed by atoms with Crippen molar-refractivity contribution in [3.05, 3.63) is 56.8 Å². The number of aliphatic hydroxyl groups is 5. The molecule has 2 unspecified atom stereocenters. The van der Waals surface area contributed by atoms with Crippen molar-refractivity contribution in [2.24, 2.45) is 0 Å². The first kappa shape index (κ1) is 38.6. The second-order valence-electron chi connectivity index (χ2n) is 12.1. The van der Waals surface area contributed by atoms with E-state index in [-0.39, 0.29) is 28.1 Å². The standard InChI is InChI=1S/C27H33N9O15P2/c1-10-3-12-13(4-11(10)2)35(24-18(32-12)25(42)34-27(43)33-24)5-14(37)19(39)15(38)6-48-52(44,45)51-53(46,47)49-7-16-20(40)21(41)26(50-16)36-9-31-17-22(28)29-8-30-23(17)36/h3-4,8-9,14-16,19-21,26,37-41H,5-7H2,1-2H3,(H5,28,29,30,34,42,43,44,45,46,47)/p+1/t14-,15+,16+,19+,20+,21+,26+/m0/s1. The van der Waals surface area contributed by atoms with Gasteiger partial charge in [-0.1, -0.05) is 0 Å². The molecule has 1 aliphatic rings. The molecule has 11 N–H and O–H groups in total. The lowest BCUT2D eigenvalue weighted by Crippen LogP contribution is -2.51. The highest BCUT2D eigenvalue weighted by Crippen LogP contribution is 2.60. The number of aromatic nitrogens is 8. The van der Waals surface area contributed by atoms with Crippen LogP contribution in [0.4, 0.5) is 5.82 Å². The first-order valence-electron chi connectivity index (χ1n) is 15.5. The highest BCUT2D eigenvalue weighted by Gasteiger charge is 2.46. The number of imidazole rings is 1. The fourth-order valence-corrected chi connectivity index (χ4v) is 7.70. The zero-order valence-electron chi connectivity index (χ0n) is 27.5. The van der Waals surface area contributed by atoms with E-state index in [1.807, 2.05) is 0 Å². The molecule has 5 aromatic rings. The number of hydrogen-bond donors (Lipinski definition) is 10. The molecule has 0 bridgehead atoms. The molecule has 1 saturated heterocycles. The van der Waals surface area contributed by atoms with Crippen LogP contribution < -0.4 is 21.5 Å². The summed E-state index contributed by atoms with van der Waals surface area (Å²) in [6.07, 6.45) is -9.88. The number of nitrogen functional groups attached to an aromatic ring is 1. The molecule has 1 aliphatic heterocycles. The summed E-state index contributed by atoms with van der Waals surface area (Å²) >= 11 is 0. The fraction of sp³-hybridized carbons (Fsp3) is 0.444. The topological polar surface area (TPSA) is 365 Å². The van der Waals surface area contributed by atoms with E-state index < -0.39 is 89.5 Å². The molecule has 1 aromatic carbocycles. The van der Waals surface area contributed by atoms with Gasteiger partial charge in [0.2, 0.25) is 5.52 Å². The third-order valence-electron chi connectivity index (χ3n) is 8.46. The van der Waals surface area contributed by atoms with Gasteiger partial charge in [-0.15, -0.1) is 0 Å². The lowest BCUT2D eigenvalue weighted by Gasteiger charge is -2.24. The van der Waals surface area contributed by atoms with Crippen molar-refractivity contribution in [3.8, 4) is 0 Å². The van der Waals surface area contributed by atoms with E-state index >= 15 is 0 Å². The maximum Gasteiger partial charge on any atom is 0.481 e. The zero-order chi connectivity index (χ0) is 38.6. The Balaban J connectivity index is 1.07. The van der Waals surface area contributed by atoms with Crippen molar-refractivity contribution in [1.82, 2.24) is 34.5 Å². The number of aryl methyl sites for hydroxylation is 2. The van der Waals surface area contributed by atoms with E-state index in [4.69, 9.17) is 15.0 Å². The summed E-state index contributed by atoms with van der Waals surface area (Å²) in [5.74, 6) is 0.0305. The van der Waals surface area contributed by atoms with Crippen molar-refractivity contribution in [1.29, 1.82) is 0 Å². The van der Waals surface area contributed by atoms with Crippen LogP contribution in [0, 0.1) is 13.8 Å². The zero-order valence-corrected chi connectivity index (χ0v) is 29.3. The average Bonchev–Trinajstić information content (AvgIpc) is 3.63. The Hall–Kier alpha value is -4.13. The van der Waals surface area contributed by atoms with Gasteiger partial charge in [-0.25, -0.2) is 38.4 Å². The van der Waals surface area contributed by atoms with E-state index in [9.17, 15) is 54.0 Å². The molecule has 4 aromatic heterocycles. The van der Waals surface area contributed by atoms with Crippen LogP contribution in [0.15, 0.2) is 34.4 Å². The highest BCUT2D eigenvalue weighted by atomic mass is 31.3. The molecule has 53 heavy (non-hydrogen) atoms. The van der Waals surface area contributed by atoms with E-state index in [2.05, 4.69) is 38.7 Å². The molecule has 0 radical (unpaired) electrons. The number of benzene rings is 1. The number of anilines is 1. The molecular formula is C27H34N9O15P2+. The molecule has 1 fully saturated rings. The number of rotatable bonds is 13. The minimum absolute atomic E-state index is 0.0305. The van der Waals surface area contributed by atoms with Gasteiger partial charge in [-0.2, -0.15) is 9.29 Å². The second-order valence-corrected chi connectivity index (χ2v) is 15.2. The monoisotopic (exact) mass is 786 g/mol. The number of nitrogens with two attached hydrogens (primary N) is 1. The smallest absolute Gasteiger partial charge is 0.388 e. The van der Waals surface area contributed by atoms with Crippen molar-refractivity contribution in [2.45, 2.75) is 63.2 Å². The summed E-state index contributed by atoms with van der Waals surface area (Å²) in [5, 5.41) is 53.1. The molecule has 5 heterocycles. The van der Waals surface area contributed by atoms with Crippen LogP contribution in [0.25, 0.3) is 33.4 Å². The van der Waals surface area contributed by atoms with Gasteiger partial charge in [0, 0.05) is 0 Å². The second kappa shape index (κ2) is 14.6. The van der Waals surface area contributed by atoms with Gasteiger partial charge < -0.3 is 45.8 Å². The largest absolute Gasteiger partial charge is 0.481 e. The van der Waals surface area contributed by atoms with Crippen molar-refractivity contribution in [2.75, 3.05) is 18.9 Å². The van der Waals surface area contributed by atoms with Gasteiger partial charge in [0.25, 0.3) is 5.56 Å². The summed E-state index contributed by atoms with van der Waals surface area (Å²) in [5.41, 5.74) is 6.28. The summed E-state index contributed by atoms with van der Waals surface area (Å²) < 4.78 is 46.7. The molecular weight excluding hydrogens is 752 g/mol. The molecule has 0 spiro atoms. The highest BCUT2D eigenvalue weighted by molar-refractivity contribution is 7.61. The summed E-state index contributed by atoms with van der Waals surface area (Å²) in [4.78, 5) is 65.4. The quantitative estimate of drug-likeness (QED) is 0.0324. The molecule has 9 atom stereocenters. The van der Waals surface area contributed by atoms with Crippen molar-refractivity contribution < 1.29 is 67.1 Å². The number of nitrogens with zero attached hydrogens (tertiary/aromatic N) is 6. The van der Waals surface area contributed by atoms with Gasteiger partial charge in [0.05, 0.1) is 19.5 Å². The summed E-state index contributed by atoms with van der Waals surface area (Å²) in [6.45, 7) is 0.855. The van der Waals surface area contributed by atoms with E-state index in [0.717, 1.165) is 17.5 Å². The number of hydrogen-bond acceptors (Lipinski definition) is 18. The third kappa shape index (κ3) is 7.91. The van der Waals surface area contributed by atoms with Crippen LogP contribution in [0.2, 0.25) is 0 Å². The summed E-state index contributed by atoms with van der Waals surface area (Å²) in [6, 6.07) is 3.33. The average molecular weight is 787 g/mol. The lowest BCUT2D eigenvalue weighted by atomic mass is 10.1. The lowest BCUT2D eigenvalue weighted by molar-refractivity contribution is -0.657. The SMILES string of the molecule is Cc1cc2nc3c(=O)[nH]c(=O)[nH]c3[n+](C[C@H](O)[C@@H](O)[C@H](O)COP(=O)(O)OP(=O)(O)OC[C@H]3O[C@@H](n4cnc5c(N)ncnc54)[C@H](O)[C@@H]3O)c2cc1C. The number of nitrogens with one attached hydrogen (secondary N) is 2. The minimum atomic E-state index is -5.54. The van der Waals surface area contributed by atoms with Gasteiger partial charge in [0.1, 0.15) is 60.5 Å². The first-order valence-corrected chi connectivity index (χ1v) is 18.5. The van der Waals surface area contributed by atoms with Crippen LogP contribution >= 0.6 is 15.6 Å². The summed E-state index contributed by atoms with van der Waals surface area (Å²) in [7, 11) is -11.0. The fourth-order valence-electron chi connectivity index (χ4n) is 5.61. The Morgan fingerprint density at radius 2 is 1.68 bits per heavy atom. The van der Waals surface area contributed by atoms with Gasteiger partial charge in [-0.3, -0.25) is 23.4 Å². The number of phosphoric acid groups is 2. The molecule has 6 rings (SSSR count). The Labute approximate surface area is 295 Å². The number of aliphatic hydroxyl groups excluding tert-OH is 5. The van der Waals surface area contributed by atoms with Crippen LogP contribution in [-0.4, -0.2) is 120 Å². The number of fused-ring (bicyclic) bond motifs is 3. The Kier molecular flexibility index (Phi) is 10.6. The van der Waals surface area contributed by atoms with E-state index in [0.29, 0.717) is 11.0 Å². The number of H-pyrrole nitrogens is 2. The van der Waals surface area contributed by atoms with Crippen LogP contribution in [-0.2, 0) is 33.8 Å². The molecule has 0 amide bonds. The minimum Gasteiger partial charge on any atom is -0.388 e. The maximum absolute atomic E-state index is 12.5. The van der Waals surface area contributed by atoms with Gasteiger partial charge in [0.15, 0.2) is 23.2 Å². The number of aromatic amines is 2. The molecule has 26 heteroatoms. The third-order valence-corrected chi connectivity index (χ3v) is 11.1. The Morgan fingerprint density at radius 3 is 2.42 bits per heavy atom. The molecule has 0 saturated carbocycles. The normalized spacial score (nSPS) is 23.3. The van der Waals surface area contributed by atoms with Crippen molar-refractivity contribution in [3.63, 3.8) is 0 Å². The number of ether oxygens (including phenoxy) is 1. The van der Waals surface area contributed by atoms with Crippen LogP contribution in [0.1, 0.15) is 17.4 Å². The van der Waals surface area contributed by atoms with Crippen molar-refractivity contribution >= 4 is 54.8 Å². The van der Waals surface area contributed by atoms with Gasteiger partial charge >= 0.3 is 27.0 Å². The van der Waals surface area contributed by atoms with Crippen LogP contribution in [0.3, 0.4) is 0 Å². The molecule has 0 aliphatic carbocycles.